The predicted molar refractivity (Wildman–Crippen MR) is 59.8 cm³/mol. The Kier molecular flexibility index (Phi) is 5.39. The van der Waals surface area contributed by atoms with E-state index >= 15 is 0 Å². The van der Waals surface area contributed by atoms with Gasteiger partial charge in [0.2, 0.25) is 5.89 Å². The lowest BCUT2D eigenvalue weighted by Gasteiger charge is -1.92. The van der Waals surface area contributed by atoms with Crippen molar-refractivity contribution in [2.24, 2.45) is 0 Å². The second-order valence-corrected chi connectivity index (χ2v) is 4.46. The van der Waals surface area contributed by atoms with Gasteiger partial charge in [0.05, 0.1) is 5.75 Å². The molecule has 0 atom stereocenters. The molecule has 0 aromatic carbocycles. The van der Waals surface area contributed by atoms with Crippen molar-refractivity contribution in [2.75, 3.05) is 5.75 Å². The largest absolute Gasteiger partial charge is 0.339 e. The van der Waals surface area contributed by atoms with Crippen molar-refractivity contribution in [1.29, 1.82) is 0 Å². The van der Waals surface area contributed by atoms with Gasteiger partial charge in [0.25, 0.3) is 0 Å². The van der Waals surface area contributed by atoms with E-state index in [9.17, 15) is 4.79 Å². The first kappa shape index (κ1) is 12.2. The van der Waals surface area contributed by atoms with Gasteiger partial charge in [-0.25, -0.2) is 0 Å². The van der Waals surface area contributed by atoms with Crippen molar-refractivity contribution in [1.82, 2.24) is 10.1 Å². The van der Waals surface area contributed by atoms with Crippen molar-refractivity contribution in [2.45, 2.75) is 38.9 Å². The molecule has 4 nitrogen and oxygen atoms in total. The molecule has 0 amide bonds. The molecule has 0 aliphatic heterocycles. The van der Waals surface area contributed by atoms with Crippen LogP contribution in [0.1, 0.15) is 38.4 Å². The lowest BCUT2D eigenvalue weighted by atomic mass is 10.2. The number of aryl methyl sites for hydroxylation is 1. The summed E-state index contributed by atoms with van der Waals surface area (Å²) in [5, 5.41) is 3.85. The van der Waals surface area contributed by atoms with E-state index in [-0.39, 0.29) is 5.78 Å². The summed E-state index contributed by atoms with van der Waals surface area (Å²) >= 11 is 1.79. The summed E-state index contributed by atoms with van der Waals surface area (Å²) in [5.74, 6) is 3.34. The molecule has 0 spiro atoms. The maximum Gasteiger partial charge on any atom is 0.227 e. The van der Waals surface area contributed by atoms with Crippen LogP contribution in [-0.2, 0) is 17.0 Å². The summed E-state index contributed by atoms with van der Waals surface area (Å²) in [6, 6.07) is 0. The average molecular weight is 228 g/mol. The van der Waals surface area contributed by atoms with E-state index < -0.39 is 0 Å². The van der Waals surface area contributed by atoms with Crippen LogP contribution in [0.25, 0.3) is 0 Å². The molecule has 1 aromatic rings. The first-order chi connectivity index (χ1) is 7.22. The fourth-order valence-electron chi connectivity index (χ4n) is 1.04. The molecule has 0 saturated heterocycles. The molecular formula is C10H16N2O2S. The third-order valence-electron chi connectivity index (χ3n) is 1.78. The lowest BCUT2D eigenvalue weighted by molar-refractivity contribution is -0.117. The molecule has 84 valence electrons. The minimum Gasteiger partial charge on any atom is -0.339 e. The summed E-state index contributed by atoms with van der Waals surface area (Å²) in [7, 11) is 0. The topological polar surface area (TPSA) is 56.0 Å². The standard InChI is InChI=1S/C10H16N2O2S/c1-3-6-15-7-9-11-10(14-12-9)5-4-8(2)13/h3-7H2,1-2H3. The maximum atomic E-state index is 10.7. The zero-order valence-corrected chi connectivity index (χ0v) is 9.97. The Morgan fingerprint density at radius 1 is 1.53 bits per heavy atom. The first-order valence-electron chi connectivity index (χ1n) is 5.11. The minimum atomic E-state index is 0.148. The molecule has 1 heterocycles. The lowest BCUT2D eigenvalue weighted by Crippen LogP contribution is -1.94. The molecule has 0 fully saturated rings. The van der Waals surface area contributed by atoms with Crippen molar-refractivity contribution >= 4 is 17.5 Å². The number of carbonyl (C=O) groups is 1. The van der Waals surface area contributed by atoms with E-state index in [1.807, 2.05) is 0 Å². The van der Waals surface area contributed by atoms with E-state index in [4.69, 9.17) is 4.52 Å². The van der Waals surface area contributed by atoms with E-state index in [0.29, 0.717) is 18.7 Å². The van der Waals surface area contributed by atoms with E-state index in [2.05, 4.69) is 17.1 Å². The van der Waals surface area contributed by atoms with Crippen LogP contribution < -0.4 is 0 Å². The zero-order chi connectivity index (χ0) is 11.1. The Morgan fingerprint density at radius 3 is 3.00 bits per heavy atom. The molecule has 0 aliphatic rings. The highest BCUT2D eigenvalue weighted by Gasteiger charge is 2.06. The van der Waals surface area contributed by atoms with Crippen molar-refractivity contribution in [3.05, 3.63) is 11.7 Å². The molecule has 0 saturated carbocycles. The van der Waals surface area contributed by atoms with Gasteiger partial charge in [0.1, 0.15) is 5.78 Å². The summed E-state index contributed by atoms with van der Waals surface area (Å²) in [6.07, 6.45) is 2.18. The van der Waals surface area contributed by atoms with Gasteiger partial charge in [-0.1, -0.05) is 12.1 Å². The predicted octanol–water partition coefficient (Wildman–Crippen LogP) is 2.23. The van der Waals surface area contributed by atoms with E-state index in [1.54, 1.807) is 18.7 Å². The molecule has 5 heteroatoms. The average Bonchev–Trinajstić information content (AvgIpc) is 2.63. The quantitative estimate of drug-likeness (QED) is 0.670. The van der Waals surface area contributed by atoms with Gasteiger partial charge in [-0.15, -0.1) is 0 Å². The van der Waals surface area contributed by atoms with Crippen LogP contribution in [0.15, 0.2) is 4.52 Å². The smallest absolute Gasteiger partial charge is 0.227 e. The summed E-state index contributed by atoms with van der Waals surface area (Å²) < 4.78 is 5.02. The number of hydrogen-bond donors (Lipinski definition) is 0. The van der Waals surface area contributed by atoms with Crippen molar-refractivity contribution < 1.29 is 9.32 Å². The Bertz CT molecular complexity index is 312. The first-order valence-corrected chi connectivity index (χ1v) is 6.26. The van der Waals surface area contributed by atoms with Crippen molar-refractivity contribution in [3.63, 3.8) is 0 Å². The number of carbonyl (C=O) groups excluding carboxylic acids is 1. The normalized spacial score (nSPS) is 10.5. The number of nitrogens with zero attached hydrogens (tertiary/aromatic N) is 2. The summed E-state index contributed by atoms with van der Waals surface area (Å²) in [4.78, 5) is 14.9. The fraction of sp³-hybridized carbons (Fsp3) is 0.700. The maximum absolute atomic E-state index is 10.7. The second-order valence-electron chi connectivity index (χ2n) is 3.36. The minimum absolute atomic E-state index is 0.148. The third-order valence-corrected chi connectivity index (χ3v) is 2.94. The van der Waals surface area contributed by atoms with Crippen LogP contribution in [0.5, 0.6) is 0 Å². The molecule has 0 aliphatic carbocycles. The molecule has 15 heavy (non-hydrogen) atoms. The van der Waals surface area contributed by atoms with Gasteiger partial charge in [-0.2, -0.15) is 16.7 Å². The summed E-state index contributed by atoms with van der Waals surface area (Å²) in [5.41, 5.74) is 0. The number of thioether (sulfide) groups is 1. The molecule has 1 rings (SSSR count). The van der Waals surface area contributed by atoms with Crippen LogP contribution in [0, 0.1) is 0 Å². The van der Waals surface area contributed by atoms with Crippen LogP contribution in [0.2, 0.25) is 0 Å². The Morgan fingerprint density at radius 2 is 2.33 bits per heavy atom. The highest BCUT2D eigenvalue weighted by Crippen LogP contribution is 2.10. The van der Waals surface area contributed by atoms with Gasteiger partial charge in [0.15, 0.2) is 5.82 Å². The SMILES string of the molecule is CCCSCc1noc(CCC(C)=O)n1. The number of rotatable bonds is 7. The van der Waals surface area contributed by atoms with Crippen LogP contribution in [0.4, 0.5) is 0 Å². The molecule has 1 aromatic heterocycles. The second kappa shape index (κ2) is 6.61. The monoisotopic (exact) mass is 228 g/mol. The molecular weight excluding hydrogens is 212 g/mol. The van der Waals surface area contributed by atoms with Gasteiger partial charge in [0, 0.05) is 12.8 Å². The third kappa shape index (κ3) is 4.97. The molecule has 0 bridgehead atoms. The van der Waals surface area contributed by atoms with Crippen molar-refractivity contribution in [3.8, 4) is 0 Å². The van der Waals surface area contributed by atoms with Crippen LogP contribution >= 0.6 is 11.8 Å². The highest BCUT2D eigenvalue weighted by atomic mass is 32.2. The van der Waals surface area contributed by atoms with Crippen LogP contribution in [0.3, 0.4) is 0 Å². The Hall–Kier alpha value is -0.840. The number of aromatic nitrogens is 2. The number of hydrogen-bond acceptors (Lipinski definition) is 5. The number of ketones is 1. The zero-order valence-electron chi connectivity index (χ0n) is 9.15. The molecule has 0 N–H and O–H groups in total. The van der Waals surface area contributed by atoms with E-state index in [0.717, 1.165) is 23.8 Å². The molecule has 0 unspecified atom stereocenters. The fourth-order valence-corrected chi connectivity index (χ4v) is 1.77. The van der Waals surface area contributed by atoms with Gasteiger partial charge < -0.3 is 9.32 Å². The highest BCUT2D eigenvalue weighted by molar-refractivity contribution is 7.98. The summed E-state index contributed by atoms with van der Waals surface area (Å²) in [6.45, 7) is 3.70. The van der Waals surface area contributed by atoms with Gasteiger partial charge in [-0.05, 0) is 19.1 Å². The Balaban J connectivity index is 2.32. The Labute approximate surface area is 93.8 Å². The van der Waals surface area contributed by atoms with Crippen LogP contribution in [-0.4, -0.2) is 21.7 Å². The molecule has 0 radical (unpaired) electrons. The van der Waals surface area contributed by atoms with Gasteiger partial charge >= 0.3 is 0 Å². The number of Topliss-reactive ketones (excluding diaryl/α,β-unsaturated/α-hetero) is 1. The van der Waals surface area contributed by atoms with E-state index in [1.165, 1.54) is 0 Å². The van der Waals surface area contributed by atoms with Gasteiger partial charge in [-0.3, -0.25) is 0 Å².